The predicted molar refractivity (Wildman–Crippen MR) is 172 cm³/mol. The van der Waals surface area contributed by atoms with E-state index in [-0.39, 0.29) is 23.6 Å². The molecular formula is C36H48N2O4. The van der Waals surface area contributed by atoms with Crippen LogP contribution in [0.25, 0.3) is 6.08 Å². The van der Waals surface area contributed by atoms with Gasteiger partial charge in [-0.25, -0.2) is 0 Å². The summed E-state index contributed by atoms with van der Waals surface area (Å²) in [5.74, 6) is -0.0906. The molecule has 226 valence electrons. The fourth-order valence-electron chi connectivity index (χ4n) is 5.90. The van der Waals surface area contributed by atoms with Crippen molar-refractivity contribution in [2.75, 3.05) is 26.9 Å². The smallest absolute Gasteiger partial charge is 0.162 e. The van der Waals surface area contributed by atoms with Gasteiger partial charge in [0.25, 0.3) is 0 Å². The first-order valence-corrected chi connectivity index (χ1v) is 14.9. The summed E-state index contributed by atoms with van der Waals surface area (Å²) >= 11 is 0. The zero-order valence-corrected chi connectivity index (χ0v) is 26.1. The Bertz CT molecular complexity index is 1320. The summed E-state index contributed by atoms with van der Waals surface area (Å²) in [6.45, 7) is 13.1. The van der Waals surface area contributed by atoms with Crippen LogP contribution in [0.3, 0.4) is 0 Å². The maximum absolute atomic E-state index is 10.7. The van der Waals surface area contributed by atoms with E-state index in [4.69, 9.17) is 4.74 Å². The number of aryl methyl sites for hydroxylation is 1. The number of allylic oxidation sites excluding steroid dienone is 6. The highest BCUT2D eigenvalue weighted by atomic mass is 16.5. The van der Waals surface area contributed by atoms with Crippen molar-refractivity contribution in [3.05, 3.63) is 99.2 Å². The second-order valence-corrected chi connectivity index (χ2v) is 11.4. The average molecular weight is 573 g/mol. The first-order valence-electron chi connectivity index (χ1n) is 14.9. The van der Waals surface area contributed by atoms with Crippen LogP contribution in [-0.4, -0.2) is 54.4 Å². The van der Waals surface area contributed by atoms with Crippen LogP contribution in [0.1, 0.15) is 76.1 Å². The number of aromatic hydroxyl groups is 2. The molecule has 0 aromatic heterocycles. The van der Waals surface area contributed by atoms with E-state index in [9.17, 15) is 15.0 Å². The van der Waals surface area contributed by atoms with Crippen LogP contribution < -0.4 is 5.32 Å². The van der Waals surface area contributed by atoms with E-state index in [1.165, 1.54) is 40.4 Å². The number of aldehydes is 1. The van der Waals surface area contributed by atoms with Crippen LogP contribution in [0.15, 0.2) is 82.5 Å². The maximum Gasteiger partial charge on any atom is 0.162 e. The minimum atomic E-state index is -0.0911. The lowest BCUT2D eigenvalue weighted by molar-refractivity contribution is -0.104. The second kappa shape index (κ2) is 16.3. The zero-order valence-electron chi connectivity index (χ0n) is 26.1. The predicted octanol–water partition coefficient (Wildman–Crippen LogP) is 7.40. The maximum atomic E-state index is 10.7. The summed E-state index contributed by atoms with van der Waals surface area (Å²) in [6, 6.07) is 13.2. The number of methoxy groups -OCH3 is 1. The SMILES string of the molecule is COCN1CCNC(c2c(C)ccc(O)c2O)C1C/C=C(\C)C1=C(C(C)=C(C)C)CCC1.O=C/C=C/c1ccccc1. The Morgan fingerprint density at radius 1 is 1.05 bits per heavy atom. The van der Waals surface area contributed by atoms with Gasteiger partial charge in [-0.3, -0.25) is 9.69 Å². The number of carbonyl (C=O) groups excluding carboxylic acids is 1. The highest BCUT2D eigenvalue weighted by molar-refractivity contribution is 5.73. The summed E-state index contributed by atoms with van der Waals surface area (Å²) in [5, 5.41) is 24.5. The fraction of sp³-hybridized carbons (Fsp3) is 0.417. The zero-order chi connectivity index (χ0) is 30.6. The van der Waals surface area contributed by atoms with Crippen LogP contribution in [0.4, 0.5) is 0 Å². The molecule has 1 aliphatic carbocycles. The number of carbonyl (C=O) groups is 1. The third-order valence-electron chi connectivity index (χ3n) is 8.37. The second-order valence-electron chi connectivity index (χ2n) is 11.4. The molecule has 0 bridgehead atoms. The number of nitrogens with one attached hydrogen (secondary N) is 1. The third-order valence-corrected chi connectivity index (χ3v) is 8.37. The molecular weight excluding hydrogens is 524 g/mol. The standard InChI is InChI=1S/C27H40N2O3.C9H8O/c1-17(2)20(5)22-9-7-8-21(22)18(3)10-12-23-26(28-14-15-29(23)16-32-6)25-19(4)11-13-24(30)27(25)31;10-8-4-7-9-5-2-1-3-6-9/h10-11,13,23,26,28,30-31H,7-9,12,14-16H2,1-6H3;1-8H/b18-10+;7-4+. The molecule has 0 radical (unpaired) electrons. The Labute approximate surface area is 252 Å². The summed E-state index contributed by atoms with van der Waals surface area (Å²) in [7, 11) is 1.73. The van der Waals surface area contributed by atoms with Crippen molar-refractivity contribution in [1.82, 2.24) is 10.2 Å². The fourth-order valence-corrected chi connectivity index (χ4v) is 5.90. The molecule has 2 unspecified atom stereocenters. The molecule has 3 N–H and O–H groups in total. The third kappa shape index (κ3) is 8.54. The van der Waals surface area contributed by atoms with Crippen molar-refractivity contribution >= 4 is 12.4 Å². The van der Waals surface area contributed by atoms with E-state index in [0.717, 1.165) is 55.3 Å². The van der Waals surface area contributed by atoms with Crippen LogP contribution in [-0.2, 0) is 9.53 Å². The quantitative estimate of drug-likeness (QED) is 0.165. The number of hydrogen-bond donors (Lipinski definition) is 3. The van der Waals surface area contributed by atoms with E-state index in [2.05, 4.69) is 44.0 Å². The summed E-state index contributed by atoms with van der Waals surface area (Å²) in [6.07, 6.45) is 10.8. The van der Waals surface area contributed by atoms with Gasteiger partial charge >= 0.3 is 0 Å². The molecule has 1 heterocycles. The lowest BCUT2D eigenvalue weighted by Crippen LogP contribution is -2.53. The highest BCUT2D eigenvalue weighted by Crippen LogP contribution is 2.40. The number of phenols is 2. The van der Waals surface area contributed by atoms with Gasteiger partial charge in [0.1, 0.15) is 6.29 Å². The van der Waals surface area contributed by atoms with Gasteiger partial charge in [-0.2, -0.15) is 0 Å². The molecule has 2 aliphatic rings. The molecule has 2 aromatic carbocycles. The van der Waals surface area contributed by atoms with Crippen LogP contribution in [0.2, 0.25) is 0 Å². The molecule has 6 heteroatoms. The van der Waals surface area contributed by atoms with Gasteiger partial charge in [-0.05, 0) is 100 Å². The first-order chi connectivity index (χ1) is 20.2. The largest absolute Gasteiger partial charge is 0.504 e. The highest BCUT2D eigenvalue weighted by Gasteiger charge is 2.34. The van der Waals surface area contributed by atoms with E-state index >= 15 is 0 Å². The van der Waals surface area contributed by atoms with E-state index in [0.29, 0.717) is 6.73 Å². The Morgan fingerprint density at radius 2 is 1.76 bits per heavy atom. The molecule has 6 nitrogen and oxygen atoms in total. The first kappa shape index (κ1) is 33.1. The van der Waals surface area contributed by atoms with Crippen molar-refractivity contribution in [3.63, 3.8) is 0 Å². The van der Waals surface area contributed by atoms with Gasteiger partial charge in [0.05, 0.1) is 12.8 Å². The number of phenolic OH excluding ortho intramolecular Hbond substituents is 2. The normalized spacial score (nSPS) is 19.5. The molecule has 2 aromatic rings. The Balaban J connectivity index is 0.000000408. The van der Waals surface area contributed by atoms with Crippen molar-refractivity contribution in [2.24, 2.45) is 0 Å². The molecule has 0 spiro atoms. The molecule has 2 atom stereocenters. The lowest BCUT2D eigenvalue weighted by atomic mass is 9.88. The van der Waals surface area contributed by atoms with Gasteiger partial charge in [-0.1, -0.05) is 59.7 Å². The van der Waals surface area contributed by atoms with Gasteiger partial charge in [0.2, 0.25) is 0 Å². The van der Waals surface area contributed by atoms with Crippen LogP contribution in [0, 0.1) is 6.92 Å². The molecule has 0 saturated carbocycles. The molecule has 1 aliphatic heterocycles. The molecule has 42 heavy (non-hydrogen) atoms. The van der Waals surface area contributed by atoms with Gasteiger partial charge < -0.3 is 20.3 Å². The summed E-state index contributed by atoms with van der Waals surface area (Å²) in [4.78, 5) is 12.2. The van der Waals surface area contributed by atoms with Crippen molar-refractivity contribution in [2.45, 2.75) is 72.4 Å². The number of piperazine rings is 1. The molecule has 0 amide bonds. The molecule has 1 fully saturated rings. The number of rotatable bonds is 9. The van der Waals surface area contributed by atoms with Crippen LogP contribution in [0.5, 0.6) is 11.5 Å². The van der Waals surface area contributed by atoms with Crippen molar-refractivity contribution < 1.29 is 19.7 Å². The Morgan fingerprint density at radius 3 is 2.43 bits per heavy atom. The molecule has 1 saturated heterocycles. The monoisotopic (exact) mass is 572 g/mol. The van der Waals surface area contributed by atoms with Gasteiger partial charge in [-0.15, -0.1) is 0 Å². The summed E-state index contributed by atoms with van der Waals surface area (Å²) < 4.78 is 5.51. The van der Waals surface area contributed by atoms with Crippen molar-refractivity contribution in [1.29, 1.82) is 0 Å². The van der Waals surface area contributed by atoms with E-state index < -0.39 is 0 Å². The number of nitrogens with zero attached hydrogens (tertiary/aromatic N) is 1. The minimum absolute atomic E-state index is 0.0209. The Kier molecular flexibility index (Phi) is 12.8. The van der Waals surface area contributed by atoms with Crippen molar-refractivity contribution in [3.8, 4) is 11.5 Å². The molecule has 4 rings (SSSR count). The van der Waals surface area contributed by atoms with E-state index in [1.807, 2.05) is 43.3 Å². The minimum Gasteiger partial charge on any atom is -0.504 e. The number of hydrogen-bond acceptors (Lipinski definition) is 6. The van der Waals surface area contributed by atoms with Gasteiger partial charge in [0, 0.05) is 31.8 Å². The van der Waals surface area contributed by atoms with Crippen LogP contribution >= 0.6 is 0 Å². The summed E-state index contributed by atoms with van der Waals surface area (Å²) in [5.41, 5.74) is 10.0. The Hall–Kier alpha value is -3.45. The lowest BCUT2D eigenvalue weighted by Gasteiger charge is -2.42. The number of benzene rings is 2. The van der Waals surface area contributed by atoms with Gasteiger partial charge in [0.15, 0.2) is 11.5 Å². The average Bonchev–Trinajstić information content (AvgIpc) is 3.48. The topological polar surface area (TPSA) is 82.0 Å². The van der Waals surface area contributed by atoms with E-state index in [1.54, 1.807) is 19.3 Å². The number of ether oxygens (including phenoxy) is 1.